The van der Waals surface area contributed by atoms with Gasteiger partial charge in [0.2, 0.25) is 0 Å². The van der Waals surface area contributed by atoms with Crippen LogP contribution in [0.1, 0.15) is 29.3 Å². The lowest BCUT2D eigenvalue weighted by atomic mass is 10.1. The number of aldehydes is 1. The Morgan fingerprint density at radius 2 is 2.21 bits per heavy atom. The van der Waals surface area contributed by atoms with E-state index in [1.165, 1.54) is 0 Å². The van der Waals surface area contributed by atoms with Crippen LogP contribution in [0.25, 0.3) is 0 Å². The molecule has 3 heteroatoms. The molecule has 0 amide bonds. The standard InChI is InChI=1S/C11H16N2O/c1-3-4-13-10-6-9(7-14)5-8(2)11(10)12/h5-7,13H,3-4,12H2,1-2H3. The number of carbonyl (C=O) groups excluding carboxylic acids is 1. The topological polar surface area (TPSA) is 55.1 Å². The van der Waals surface area contributed by atoms with E-state index in [0.717, 1.165) is 36.2 Å². The Morgan fingerprint density at radius 1 is 1.50 bits per heavy atom. The molecule has 0 unspecified atom stereocenters. The second kappa shape index (κ2) is 4.65. The third-order valence-corrected chi connectivity index (χ3v) is 2.11. The van der Waals surface area contributed by atoms with Gasteiger partial charge in [0.15, 0.2) is 0 Å². The van der Waals surface area contributed by atoms with E-state index in [4.69, 9.17) is 5.73 Å². The Kier molecular flexibility index (Phi) is 3.51. The molecule has 0 spiro atoms. The smallest absolute Gasteiger partial charge is 0.150 e. The highest BCUT2D eigenvalue weighted by Gasteiger charge is 2.03. The van der Waals surface area contributed by atoms with Gasteiger partial charge in [-0.3, -0.25) is 4.79 Å². The Morgan fingerprint density at radius 3 is 2.79 bits per heavy atom. The number of hydrogen-bond donors (Lipinski definition) is 2. The van der Waals surface area contributed by atoms with Crippen molar-refractivity contribution in [3.63, 3.8) is 0 Å². The third-order valence-electron chi connectivity index (χ3n) is 2.11. The molecule has 3 nitrogen and oxygen atoms in total. The lowest BCUT2D eigenvalue weighted by molar-refractivity contribution is 0.112. The number of aryl methyl sites for hydroxylation is 1. The Labute approximate surface area is 84.3 Å². The van der Waals surface area contributed by atoms with Crippen molar-refractivity contribution in [3.8, 4) is 0 Å². The second-order valence-corrected chi connectivity index (χ2v) is 3.34. The highest BCUT2D eigenvalue weighted by atomic mass is 16.1. The van der Waals surface area contributed by atoms with Gasteiger partial charge in [0, 0.05) is 12.1 Å². The zero-order valence-electron chi connectivity index (χ0n) is 8.63. The first-order valence-corrected chi connectivity index (χ1v) is 4.78. The molecule has 0 aliphatic heterocycles. The summed E-state index contributed by atoms with van der Waals surface area (Å²) in [4.78, 5) is 10.6. The summed E-state index contributed by atoms with van der Waals surface area (Å²) < 4.78 is 0. The summed E-state index contributed by atoms with van der Waals surface area (Å²) in [5.74, 6) is 0. The molecule has 14 heavy (non-hydrogen) atoms. The van der Waals surface area contributed by atoms with Gasteiger partial charge >= 0.3 is 0 Å². The molecule has 0 fully saturated rings. The van der Waals surface area contributed by atoms with Crippen molar-refractivity contribution in [2.75, 3.05) is 17.6 Å². The predicted molar refractivity (Wildman–Crippen MR) is 59.8 cm³/mol. The molecular formula is C11H16N2O. The first-order valence-electron chi connectivity index (χ1n) is 4.78. The minimum Gasteiger partial charge on any atom is -0.397 e. The summed E-state index contributed by atoms with van der Waals surface area (Å²) in [7, 11) is 0. The molecule has 1 aromatic carbocycles. The van der Waals surface area contributed by atoms with E-state index < -0.39 is 0 Å². The molecule has 0 heterocycles. The van der Waals surface area contributed by atoms with Crippen LogP contribution >= 0.6 is 0 Å². The molecule has 0 aliphatic rings. The van der Waals surface area contributed by atoms with Crippen LogP contribution in [-0.4, -0.2) is 12.8 Å². The number of anilines is 2. The summed E-state index contributed by atoms with van der Waals surface area (Å²) in [6.07, 6.45) is 1.87. The van der Waals surface area contributed by atoms with Gasteiger partial charge in [-0.05, 0) is 31.0 Å². The maximum atomic E-state index is 10.6. The first kappa shape index (κ1) is 10.6. The lowest BCUT2D eigenvalue weighted by Crippen LogP contribution is -2.05. The molecule has 0 aliphatic carbocycles. The number of nitrogens with two attached hydrogens (primary N) is 1. The zero-order valence-corrected chi connectivity index (χ0v) is 8.63. The molecule has 1 aromatic rings. The molecule has 0 saturated carbocycles. The molecule has 0 bridgehead atoms. The summed E-state index contributed by atoms with van der Waals surface area (Å²) in [5.41, 5.74) is 9.05. The van der Waals surface area contributed by atoms with E-state index in [2.05, 4.69) is 12.2 Å². The number of carbonyl (C=O) groups is 1. The van der Waals surface area contributed by atoms with Crippen LogP contribution in [0, 0.1) is 6.92 Å². The van der Waals surface area contributed by atoms with Gasteiger partial charge in [0.25, 0.3) is 0 Å². The second-order valence-electron chi connectivity index (χ2n) is 3.34. The molecule has 0 aromatic heterocycles. The summed E-state index contributed by atoms with van der Waals surface area (Å²) in [5, 5.41) is 3.19. The first-order chi connectivity index (χ1) is 6.69. The van der Waals surface area contributed by atoms with E-state index in [1.807, 2.05) is 6.92 Å². The largest absolute Gasteiger partial charge is 0.397 e. The number of nitrogen functional groups attached to an aromatic ring is 1. The van der Waals surface area contributed by atoms with Crippen LogP contribution in [0.4, 0.5) is 11.4 Å². The minimum atomic E-state index is 0.662. The average molecular weight is 192 g/mol. The summed E-state index contributed by atoms with van der Waals surface area (Å²) >= 11 is 0. The normalized spacial score (nSPS) is 9.86. The fourth-order valence-electron chi connectivity index (χ4n) is 1.30. The maximum Gasteiger partial charge on any atom is 0.150 e. The molecule has 0 atom stereocenters. The van der Waals surface area contributed by atoms with Crippen LogP contribution < -0.4 is 11.1 Å². The van der Waals surface area contributed by atoms with E-state index in [9.17, 15) is 4.79 Å². The van der Waals surface area contributed by atoms with Gasteiger partial charge in [-0.1, -0.05) is 6.92 Å². The third kappa shape index (κ3) is 2.25. The van der Waals surface area contributed by atoms with Gasteiger partial charge in [-0.15, -0.1) is 0 Å². The van der Waals surface area contributed by atoms with Crippen molar-refractivity contribution >= 4 is 17.7 Å². The van der Waals surface area contributed by atoms with Crippen LogP contribution in [0.2, 0.25) is 0 Å². The van der Waals surface area contributed by atoms with Crippen molar-refractivity contribution in [3.05, 3.63) is 23.3 Å². The zero-order chi connectivity index (χ0) is 10.6. The predicted octanol–water partition coefficient (Wildman–Crippen LogP) is 2.21. The Balaban J connectivity index is 3.00. The van der Waals surface area contributed by atoms with Gasteiger partial charge in [0.1, 0.15) is 6.29 Å². The quantitative estimate of drug-likeness (QED) is 0.568. The molecular weight excluding hydrogens is 176 g/mol. The molecule has 76 valence electrons. The van der Waals surface area contributed by atoms with Gasteiger partial charge in [0.05, 0.1) is 11.4 Å². The summed E-state index contributed by atoms with van der Waals surface area (Å²) in [6, 6.07) is 3.57. The molecule has 3 N–H and O–H groups in total. The van der Waals surface area contributed by atoms with Crippen molar-refractivity contribution in [1.82, 2.24) is 0 Å². The maximum absolute atomic E-state index is 10.6. The van der Waals surface area contributed by atoms with Crippen LogP contribution in [0.15, 0.2) is 12.1 Å². The van der Waals surface area contributed by atoms with Crippen LogP contribution in [-0.2, 0) is 0 Å². The highest BCUT2D eigenvalue weighted by molar-refractivity contribution is 5.82. The minimum absolute atomic E-state index is 0.662. The van der Waals surface area contributed by atoms with Crippen LogP contribution in [0.3, 0.4) is 0 Å². The van der Waals surface area contributed by atoms with Crippen LogP contribution in [0.5, 0.6) is 0 Å². The number of benzene rings is 1. The number of nitrogens with one attached hydrogen (secondary N) is 1. The molecule has 0 radical (unpaired) electrons. The fraction of sp³-hybridized carbons (Fsp3) is 0.364. The Hall–Kier alpha value is -1.51. The fourth-order valence-corrected chi connectivity index (χ4v) is 1.30. The van der Waals surface area contributed by atoms with Gasteiger partial charge < -0.3 is 11.1 Å². The SMILES string of the molecule is CCCNc1cc(C=O)cc(C)c1N. The summed E-state index contributed by atoms with van der Waals surface area (Å²) in [6.45, 7) is 4.85. The van der Waals surface area contributed by atoms with Crippen molar-refractivity contribution in [2.45, 2.75) is 20.3 Å². The van der Waals surface area contributed by atoms with E-state index in [1.54, 1.807) is 12.1 Å². The van der Waals surface area contributed by atoms with Crippen molar-refractivity contribution in [2.24, 2.45) is 0 Å². The van der Waals surface area contributed by atoms with Gasteiger partial charge in [-0.2, -0.15) is 0 Å². The number of hydrogen-bond acceptors (Lipinski definition) is 3. The highest BCUT2D eigenvalue weighted by Crippen LogP contribution is 2.23. The number of rotatable bonds is 4. The van der Waals surface area contributed by atoms with E-state index in [-0.39, 0.29) is 0 Å². The lowest BCUT2D eigenvalue weighted by Gasteiger charge is -2.11. The average Bonchev–Trinajstić information content (AvgIpc) is 2.20. The van der Waals surface area contributed by atoms with E-state index >= 15 is 0 Å². The van der Waals surface area contributed by atoms with Gasteiger partial charge in [-0.25, -0.2) is 0 Å². The molecule has 1 rings (SSSR count). The van der Waals surface area contributed by atoms with Crippen molar-refractivity contribution in [1.29, 1.82) is 0 Å². The van der Waals surface area contributed by atoms with E-state index in [0.29, 0.717) is 5.56 Å². The monoisotopic (exact) mass is 192 g/mol. The Bertz CT molecular complexity index is 334. The molecule has 0 saturated heterocycles. The van der Waals surface area contributed by atoms with Crippen molar-refractivity contribution < 1.29 is 4.79 Å².